The molecule has 0 unspecified atom stereocenters. The minimum absolute atomic E-state index is 0.0625. The first kappa shape index (κ1) is 13.6. The minimum Gasteiger partial charge on any atom is -0.350 e. The molecule has 120 valence electrons. The molecule has 1 aromatic carbocycles. The third-order valence-corrected chi connectivity index (χ3v) is 5.05. The third-order valence-electron chi connectivity index (χ3n) is 5.05. The lowest BCUT2D eigenvalue weighted by molar-refractivity contribution is -0.115. The molecular formula is C19H18N4O. The number of carbonyl (C=O) groups is 1. The van der Waals surface area contributed by atoms with E-state index in [1.165, 1.54) is 10.9 Å². The number of hydrogen-bond acceptors (Lipinski definition) is 2. The molecule has 1 amide bonds. The fourth-order valence-corrected chi connectivity index (χ4v) is 3.96. The van der Waals surface area contributed by atoms with E-state index in [4.69, 9.17) is 4.98 Å². The maximum absolute atomic E-state index is 12.3. The molecule has 2 aromatic heterocycles. The van der Waals surface area contributed by atoms with Gasteiger partial charge in [0.25, 0.3) is 0 Å². The predicted octanol–water partition coefficient (Wildman–Crippen LogP) is 0.897. The van der Waals surface area contributed by atoms with Crippen molar-refractivity contribution in [3.05, 3.63) is 41.2 Å². The molecule has 1 aliphatic carbocycles. The zero-order valence-corrected chi connectivity index (χ0v) is 13.5. The van der Waals surface area contributed by atoms with Gasteiger partial charge in [-0.1, -0.05) is 24.3 Å². The second kappa shape index (κ2) is 4.84. The van der Waals surface area contributed by atoms with Gasteiger partial charge in [-0.25, -0.2) is 4.98 Å². The van der Waals surface area contributed by atoms with Crippen LogP contribution in [0, 0.1) is 0 Å². The number of rotatable bonds is 1. The van der Waals surface area contributed by atoms with Gasteiger partial charge in [0, 0.05) is 48.4 Å². The Bertz CT molecular complexity index is 1120. The van der Waals surface area contributed by atoms with Crippen molar-refractivity contribution in [2.45, 2.75) is 19.4 Å². The van der Waals surface area contributed by atoms with Crippen LogP contribution in [0.3, 0.4) is 0 Å². The van der Waals surface area contributed by atoms with E-state index in [2.05, 4.69) is 58.0 Å². The molecule has 0 radical (unpaired) electrons. The van der Waals surface area contributed by atoms with Gasteiger partial charge >= 0.3 is 0 Å². The highest BCUT2D eigenvalue weighted by atomic mass is 16.1. The van der Waals surface area contributed by atoms with Gasteiger partial charge in [-0.15, -0.1) is 0 Å². The monoisotopic (exact) mass is 318 g/mol. The first-order valence-corrected chi connectivity index (χ1v) is 8.36. The van der Waals surface area contributed by atoms with Gasteiger partial charge in [0.1, 0.15) is 5.82 Å². The van der Waals surface area contributed by atoms with E-state index < -0.39 is 0 Å². The summed E-state index contributed by atoms with van der Waals surface area (Å²) in [4.78, 5) is 17.3. The summed E-state index contributed by atoms with van der Waals surface area (Å²) < 4.78 is 4.36. The minimum atomic E-state index is 0.0625. The Hall–Kier alpha value is -2.82. The van der Waals surface area contributed by atoms with Crippen LogP contribution in [0.4, 0.5) is 0 Å². The number of hydrogen-bond donors (Lipinski definition) is 1. The lowest BCUT2D eigenvalue weighted by Gasteiger charge is -2.06. The Balaban J connectivity index is 1.89. The summed E-state index contributed by atoms with van der Waals surface area (Å²) in [5, 5.41) is 6.18. The van der Waals surface area contributed by atoms with Crippen LogP contribution in [0.2, 0.25) is 0 Å². The highest BCUT2D eigenvalue weighted by Crippen LogP contribution is 2.28. The Morgan fingerprint density at radius 2 is 2.12 bits per heavy atom. The number of fused-ring (bicyclic) bond motifs is 1. The van der Waals surface area contributed by atoms with Crippen molar-refractivity contribution in [1.82, 2.24) is 19.4 Å². The van der Waals surface area contributed by atoms with Gasteiger partial charge in [-0.2, -0.15) is 0 Å². The van der Waals surface area contributed by atoms with Crippen LogP contribution in [0.15, 0.2) is 30.5 Å². The number of benzene rings is 1. The number of imidazole rings is 1. The van der Waals surface area contributed by atoms with Gasteiger partial charge in [0.15, 0.2) is 0 Å². The SMILES string of the molecule is Cn1cc(-c2nc3c4n2CCNC(=O)C=4CCC=3)c2ccccc21. The molecule has 3 heterocycles. The summed E-state index contributed by atoms with van der Waals surface area (Å²) in [5.74, 6) is 1.02. The van der Waals surface area contributed by atoms with Crippen molar-refractivity contribution in [2.24, 2.45) is 7.05 Å². The molecule has 1 N–H and O–H groups in total. The van der Waals surface area contributed by atoms with Crippen molar-refractivity contribution in [1.29, 1.82) is 0 Å². The Morgan fingerprint density at radius 1 is 1.25 bits per heavy atom. The molecule has 5 nitrogen and oxygen atoms in total. The summed E-state index contributed by atoms with van der Waals surface area (Å²) >= 11 is 0. The van der Waals surface area contributed by atoms with Gasteiger partial charge in [-0.05, 0) is 18.9 Å². The molecule has 24 heavy (non-hydrogen) atoms. The topological polar surface area (TPSA) is 51.9 Å². The summed E-state index contributed by atoms with van der Waals surface area (Å²) in [5.41, 5.74) is 3.20. The van der Waals surface area contributed by atoms with Crippen LogP contribution in [-0.2, 0) is 18.4 Å². The second-order valence-electron chi connectivity index (χ2n) is 6.47. The number of carbonyl (C=O) groups excluding carboxylic acids is 1. The molecule has 0 bridgehead atoms. The fraction of sp³-hybridized carbons (Fsp3) is 0.263. The summed E-state index contributed by atoms with van der Waals surface area (Å²) in [6.45, 7) is 1.40. The average molecular weight is 318 g/mol. The van der Waals surface area contributed by atoms with E-state index in [1.807, 2.05) is 0 Å². The lowest BCUT2D eigenvalue weighted by Crippen LogP contribution is -2.36. The van der Waals surface area contributed by atoms with E-state index >= 15 is 0 Å². The number of para-hydroxylation sites is 1. The van der Waals surface area contributed by atoms with E-state index in [0.717, 1.165) is 47.0 Å². The van der Waals surface area contributed by atoms with Crippen molar-refractivity contribution in [3.8, 4) is 11.4 Å². The molecule has 0 saturated heterocycles. The first-order valence-electron chi connectivity index (χ1n) is 8.36. The number of aryl methyl sites for hydroxylation is 1. The maximum Gasteiger partial charge on any atom is 0.249 e. The standard InChI is InChI=1S/C19H18N4O/c1-22-11-14(12-5-2-3-8-16(12)22)18-21-15-7-4-6-13-17(15)23(18)10-9-20-19(13)24/h2-3,5,7-8,11H,4,6,9-10H2,1H3,(H,20,24). The van der Waals surface area contributed by atoms with Crippen LogP contribution >= 0.6 is 0 Å². The number of nitrogens with one attached hydrogen (secondary N) is 1. The normalized spacial score (nSPS) is 16.5. The van der Waals surface area contributed by atoms with Crippen LogP contribution in [-0.4, -0.2) is 26.6 Å². The molecule has 3 aromatic rings. The van der Waals surface area contributed by atoms with Crippen LogP contribution in [0.5, 0.6) is 0 Å². The molecule has 0 atom stereocenters. The zero-order chi connectivity index (χ0) is 16.3. The molecule has 0 spiro atoms. The average Bonchev–Trinajstić information content (AvgIpc) is 3.07. The van der Waals surface area contributed by atoms with E-state index in [1.54, 1.807) is 0 Å². The Labute approximate surface area is 138 Å². The smallest absolute Gasteiger partial charge is 0.249 e. The van der Waals surface area contributed by atoms with Gasteiger partial charge in [-0.3, -0.25) is 4.79 Å². The Morgan fingerprint density at radius 3 is 3.04 bits per heavy atom. The van der Waals surface area contributed by atoms with Crippen LogP contribution in [0.1, 0.15) is 12.8 Å². The number of aromatic nitrogens is 3. The zero-order valence-electron chi connectivity index (χ0n) is 13.5. The molecule has 1 aliphatic heterocycles. The largest absolute Gasteiger partial charge is 0.350 e. The number of nitrogens with zero attached hydrogens (tertiary/aromatic N) is 3. The third kappa shape index (κ3) is 1.75. The van der Waals surface area contributed by atoms with Crippen molar-refractivity contribution in [2.75, 3.05) is 6.54 Å². The van der Waals surface area contributed by atoms with Crippen LogP contribution in [0.25, 0.3) is 33.9 Å². The van der Waals surface area contributed by atoms with Crippen molar-refractivity contribution >= 4 is 28.5 Å². The van der Waals surface area contributed by atoms with Gasteiger partial charge in [0.2, 0.25) is 5.91 Å². The molecule has 0 saturated carbocycles. The maximum atomic E-state index is 12.3. The Kier molecular flexibility index (Phi) is 2.74. The molecular weight excluding hydrogens is 300 g/mol. The highest BCUT2D eigenvalue weighted by molar-refractivity contribution is 6.13. The van der Waals surface area contributed by atoms with Crippen molar-refractivity contribution in [3.63, 3.8) is 0 Å². The van der Waals surface area contributed by atoms with Crippen LogP contribution < -0.4 is 16.0 Å². The first-order chi connectivity index (χ1) is 11.7. The highest BCUT2D eigenvalue weighted by Gasteiger charge is 2.23. The van der Waals surface area contributed by atoms with Gasteiger partial charge in [0.05, 0.1) is 10.7 Å². The summed E-state index contributed by atoms with van der Waals surface area (Å²) in [6.07, 6.45) is 5.96. The predicted molar refractivity (Wildman–Crippen MR) is 93.5 cm³/mol. The van der Waals surface area contributed by atoms with Gasteiger partial charge < -0.3 is 14.5 Å². The van der Waals surface area contributed by atoms with E-state index in [0.29, 0.717) is 6.54 Å². The fourth-order valence-electron chi connectivity index (χ4n) is 3.96. The molecule has 2 aliphatic rings. The van der Waals surface area contributed by atoms with E-state index in [-0.39, 0.29) is 5.91 Å². The summed E-state index contributed by atoms with van der Waals surface area (Å²) in [7, 11) is 2.06. The summed E-state index contributed by atoms with van der Waals surface area (Å²) in [6, 6.07) is 8.38. The van der Waals surface area contributed by atoms with Crippen molar-refractivity contribution < 1.29 is 4.79 Å². The van der Waals surface area contributed by atoms with E-state index in [9.17, 15) is 4.79 Å². The quantitative estimate of drug-likeness (QED) is 0.725. The molecule has 5 heteroatoms. The second-order valence-corrected chi connectivity index (χ2v) is 6.47. The molecule has 0 fully saturated rings. The number of amides is 1. The lowest BCUT2D eigenvalue weighted by atomic mass is 10.1. The molecule has 5 rings (SSSR count).